The number of likely N-dealkylation sites (N-methyl/N-ethyl adjacent to an activating group) is 1. The summed E-state index contributed by atoms with van der Waals surface area (Å²) in [5, 5.41) is 11.6. The van der Waals surface area contributed by atoms with E-state index in [0.717, 1.165) is 6.04 Å². The largest absolute Gasteiger partial charge is 0.317 e. The maximum absolute atomic E-state index is 3.35. The van der Waals surface area contributed by atoms with Crippen LogP contribution in [-0.2, 0) is 0 Å². The van der Waals surface area contributed by atoms with Gasteiger partial charge in [-0.25, -0.2) is 10.0 Å². The summed E-state index contributed by atoms with van der Waals surface area (Å²) in [6.45, 7) is 7.55. The minimum Gasteiger partial charge on any atom is -0.317 e. The van der Waals surface area contributed by atoms with Crippen molar-refractivity contribution >= 4 is 0 Å². The highest BCUT2D eigenvalue weighted by Gasteiger charge is 2.27. The molecule has 0 aromatic heterocycles. The first-order chi connectivity index (χ1) is 8.40. The number of hydrogen-bond donors (Lipinski definition) is 2. The third kappa shape index (κ3) is 4.21. The van der Waals surface area contributed by atoms with Crippen LogP contribution < -0.4 is 10.6 Å². The van der Waals surface area contributed by atoms with E-state index in [-0.39, 0.29) is 0 Å². The summed E-state index contributed by atoms with van der Waals surface area (Å²) in [5.74, 6) is 0. The van der Waals surface area contributed by atoms with E-state index in [1.807, 2.05) is 0 Å². The van der Waals surface area contributed by atoms with E-state index in [2.05, 4.69) is 27.7 Å². The van der Waals surface area contributed by atoms with E-state index in [1.54, 1.807) is 0 Å². The molecule has 3 fully saturated rings. The molecule has 0 aromatic rings. The molecule has 1 unspecified atom stereocenters. The van der Waals surface area contributed by atoms with E-state index < -0.39 is 0 Å². The standard InChI is InChI=1S/C9H19N3.C4H9N/c1-10-9-4-7-12(8-9)11-5-2-3-6-11;1-2-4-5-3-1/h9-10H,2-8H2,1H3;5H,1-4H2. The summed E-state index contributed by atoms with van der Waals surface area (Å²) >= 11 is 0. The van der Waals surface area contributed by atoms with Crippen LogP contribution in [-0.4, -0.2) is 62.4 Å². The smallest absolute Gasteiger partial charge is 0.0287 e. The number of nitrogens with zero attached hydrogens (tertiary/aromatic N) is 2. The topological polar surface area (TPSA) is 30.5 Å². The molecule has 0 amide bonds. The van der Waals surface area contributed by atoms with Gasteiger partial charge in [-0.3, -0.25) is 0 Å². The van der Waals surface area contributed by atoms with Gasteiger partial charge in [-0.1, -0.05) is 0 Å². The second-order valence-corrected chi connectivity index (χ2v) is 5.30. The molecular weight excluding hydrogens is 212 g/mol. The molecule has 4 heteroatoms. The Morgan fingerprint density at radius 3 is 2.12 bits per heavy atom. The first-order valence-electron chi connectivity index (χ1n) is 7.28. The Morgan fingerprint density at radius 1 is 0.941 bits per heavy atom. The summed E-state index contributed by atoms with van der Waals surface area (Å²) in [5.41, 5.74) is 0. The highest BCUT2D eigenvalue weighted by Crippen LogP contribution is 2.16. The first kappa shape index (κ1) is 13.3. The van der Waals surface area contributed by atoms with Crippen molar-refractivity contribution < 1.29 is 0 Å². The molecule has 0 radical (unpaired) electrons. The fraction of sp³-hybridized carbons (Fsp3) is 1.00. The zero-order valence-electron chi connectivity index (χ0n) is 11.2. The van der Waals surface area contributed by atoms with Crippen molar-refractivity contribution in [2.45, 2.75) is 38.1 Å². The van der Waals surface area contributed by atoms with Crippen molar-refractivity contribution in [2.24, 2.45) is 0 Å². The van der Waals surface area contributed by atoms with Crippen LogP contribution in [0.3, 0.4) is 0 Å². The second-order valence-electron chi connectivity index (χ2n) is 5.30. The van der Waals surface area contributed by atoms with Gasteiger partial charge < -0.3 is 10.6 Å². The number of hydrogen-bond acceptors (Lipinski definition) is 4. The molecule has 100 valence electrons. The third-order valence-corrected chi connectivity index (χ3v) is 4.01. The van der Waals surface area contributed by atoms with Crippen LogP contribution in [0.15, 0.2) is 0 Å². The summed E-state index contributed by atoms with van der Waals surface area (Å²) in [6.07, 6.45) is 6.87. The molecule has 2 N–H and O–H groups in total. The van der Waals surface area contributed by atoms with Gasteiger partial charge >= 0.3 is 0 Å². The van der Waals surface area contributed by atoms with Crippen LogP contribution in [0.5, 0.6) is 0 Å². The van der Waals surface area contributed by atoms with Gasteiger partial charge in [-0.05, 0) is 52.2 Å². The fourth-order valence-corrected chi connectivity index (χ4v) is 2.84. The molecule has 1 atom stereocenters. The SMILES string of the molecule is C1CCNC1.CNC1CCN(N2CCCC2)C1. The molecule has 0 bridgehead atoms. The molecule has 3 aliphatic rings. The van der Waals surface area contributed by atoms with Gasteiger partial charge in [0.05, 0.1) is 0 Å². The molecule has 3 rings (SSSR count). The van der Waals surface area contributed by atoms with Gasteiger partial charge in [-0.15, -0.1) is 0 Å². The van der Waals surface area contributed by atoms with Crippen molar-refractivity contribution in [3.63, 3.8) is 0 Å². The van der Waals surface area contributed by atoms with Crippen LogP contribution in [0.1, 0.15) is 32.1 Å². The van der Waals surface area contributed by atoms with E-state index >= 15 is 0 Å². The quantitative estimate of drug-likeness (QED) is 0.742. The Labute approximate surface area is 106 Å². The van der Waals surface area contributed by atoms with Gasteiger partial charge in [0.25, 0.3) is 0 Å². The van der Waals surface area contributed by atoms with E-state index in [9.17, 15) is 0 Å². The normalized spacial score (nSPS) is 30.5. The number of hydrazine groups is 1. The van der Waals surface area contributed by atoms with Crippen molar-refractivity contribution in [3.05, 3.63) is 0 Å². The highest BCUT2D eigenvalue weighted by molar-refractivity contribution is 4.79. The van der Waals surface area contributed by atoms with Gasteiger partial charge in [0.1, 0.15) is 0 Å². The summed E-state index contributed by atoms with van der Waals surface area (Å²) in [7, 11) is 2.07. The van der Waals surface area contributed by atoms with Gasteiger partial charge in [0.2, 0.25) is 0 Å². The van der Waals surface area contributed by atoms with E-state index in [1.165, 1.54) is 71.4 Å². The molecular formula is C13H28N4. The second kappa shape index (κ2) is 7.31. The molecule has 3 aliphatic heterocycles. The van der Waals surface area contributed by atoms with Crippen LogP contribution in [0.4, 0.5) is 0 Å². The number of nitrogens with one attached hydrogen (secondary N) is 2. The van der Waals surface area contributed by atoms with Crippen LogP contribution in [0.2, 0.25) is 0 Å². The minimum atomic E-state index is 0.727. The lowest BCUT2D eigenvalue weighted by atomic mass is 10.3. The molecule has 3 heterocycles. The maximum Gasteiger partial charge on any atom is 0.0287 e. The summed E-state index contributed by atoms with van der Waals surface area (Å²) in [6, 6.07) is 0.727. The zero-order chi connectivity index (χ0) is 11.9. The van der Waals surface area contributed by atoms with Gasteiger partial charge in [-0.2, -0.15) is 0 Å². The maximum atomic E-state index is 3.35. The van der Waals surface area contributed by atoms with Crippen molar-refractivity contribution in [3.8, 4) is 0 Å². The predicted molar refractivity (Wildman–Crippen MR) is 71.9 cm³/mol. The lowest BCUT2D eigenvalue weighted by molar-refractivity contribution is 0.0199. The Hall–Kier alpha value is -0.160. The average molecular weight is 240 g/mol. The summed E-state index contributed by atoms with van der Waals surface area (Å²) < 4.78 is 0. The molecule has 0 spiro atoms. The Kier molecular flexibility index (Phi) is 5.71. The third-order valence-electron chi connectivity index (χ3n) is 4.01. The first-order valence-corrected chi connectivity index (χ1v) is 7.28. The van der Waals surface area contributed by atoms with Crippen LogP contribution in [0, 0.1) is 0 Å². The number of rotatable bonds is 2. The molecule has 17 heavy (non-hydrogen) atoms. The Bertz CT molecular complexity index is 192. The molecule has 4 nitrogen and oxygen atoms in total. The zero-order valence-corrected chi connectivity index (χ0v) is 11.2. The Morgan fingerprint density at radius 2 is 1.65 bits per heavy atom. The predicted octanol–water partition coefficient (Wildman–Crippen LogP) is 0.661. The van der Waals surface area contributed by atoms with Gasteiger partial charge in [0.15, 0.2) is 0 Å². The van der Waals surface area contributed by atoms with Gasteiger partial charge in [0, 0.05) is 32.2 Å². The lowest BCUT2D eigenvalue weighted by Crippen LogP contribution is -2.40. The molecule has 3 saturated heterocycles. The van der Waals surface area contributed by atoms with E-state index in [0.29, 0.717) is 0 Å². The van der Waals surface area contributed by atoms with E-state index in [4.69, 9.17) is 0 Å². The molecule has 0 saturated carbocycles. The van der Waals surface area contributed by atoms with Crippen LogP contribution in [0.25, 0.3) is 0 Å². The fourth-order valence-electron chi connectivity index (χ4n) is 2.84. The minimum absolute atomic E-state index is 0.727. The van der Waals surface area contributed by atoms with Crippen molar-refractivity contribution in [1.29, 1.82) is 0 Å². The summed E-state index contributed by atoms with van der Waals surface area (Å²) in [4.78, 5) is 0. The highest BCUT2D eigenvalue weighted by atomic mass is 15.6. The monoisotopic (exact) mass is 240 g/mol. The molecule has 0 aliphatic carbocycles. The lowest BCUT2D eigenvalue weighted by Gasteiger charge is -2.27. The Balaban J connectivity index is 0.000000181. The van der Waals surface area contributed by atoms with Crippen molar-refractivity contribution in [2.75, 3.05) is 46.3 Å². The van der Waals surface area contributed by atoms with Crippen molar-refractivity contribution in [1.82, 2.24) is 20.7 Å². The molecule has 0 aromatic carbocycles. The average Bonchev–Trinajstić information content (AvgIpc) is 3.12. The van der Waals surface area contributed by atoms with Crippen LogP contribution >= 0.6 is 0 Å².